The molecule has 39 heavy (non-hydrogen) atoms. The molecule has 2 fully saturated rings. The molecule has 4 rings (SSSR count). The zero-order valence-electron chi connectivity index (χ0n) is 22.4. The normalized spacial score (nSPS) is 22.8. The number of carbonyl (C=O) groups excluding carboxylic acids is 3. The van der Waals surface area contributed by atoms with Crippen molar-refractivity contribution in [3.8, 4) is 0 Å². The number of rotatable bonds is 10. The summed E-state index contributed by atoms with van der Waals surface area (Å²) >= 11 is 0. The molecule has 2 aromatic rings. The van der Waals surface area contributed by atoms with Crippen LogP contribution in [0.4, 0.5) is 8.78 Å². The minimum atomic E-state index is -0.909. The zero-order valence-corrected chi connectivity index (χ0v) is 22.4. The van der Waals surface area contributed by atoms with Gasteiger partial charge in [-0.25, -0.2) is 8.78 Å². The number of hydrogen-bond acceptors (Lipinski definition) is 6. The van der Waals surface area contributed by atoms with Crippen LogP contribution in [0.15, 0.2) is 48.5 Å². The predicted molar refractivity (Wildman–Crippen MR) is 144 cm³/mol. The lowest BCUT2D eigenvalue weighted by Gasteiger charge is -2.34. The van der Waals surface area contributed by atoms with Gasteiger partial charge < -0.3 is 10.2 Å². The maximum Gasteiger partial charge on any atom is 0.237 e. The first-order valence-electron chi connectivity index (χ1n) is 13.6. The summed E-state index contributed by atoms with van der Waals surface area (Å²) in [7, 11) is 0. The van der Waals surface area contributed by atoms with Gasteiger partial charge in [0.25, 0.3) is 0 Å². The Hall–Kier alpha value is -3.21. The summed E-state index contributed by atoms with van der Waals surface area (Å²) in [6.07, 6.45) is 2.47. The molecule has 0 aliphatic carbocycles. The van der Waals surface area contributed by atoms with Crippen molar-refractivity contribution in [1.82, 2.24) is 26.2 Å². The highest BCUT2D eigenvalue weighted by Crippen LogP contribution is 2.22. The highest BCUT2D eigenvalue weighted by molar-refractivity contribution is 5.98. The summed E-state index contributed by atoms with van der Waals surface area (Å²) in [5, 5.41) is 12.4. The summed E-state index contributed by atoms with van der Waals surface area (Å²) in [6, 6.07) is 10.6. The first-order valence-corrected chi connectivity index (χ1v) is 13.6. The van der Waals surface area contributed by atoms with Crippen LogP contribution in [0.25, 0.3) is 0 Å². The van der Waals surface area contributed by atoms with E-state index in [0.29, 0.717) is 24.2 Å². The fourth-order valence-corrected chi connectivity index (χ4v) is 5.25. The molecule has 4 N–H and O–H groups in total. The molecule has 10 heteroatoms. The van der Waals surface area contributed by atoms with Gasteiger partial charge in [0, 0.05) is 42.4 Å². The van der Waals surface area contributed by atoms with E-state index >= 15 is 0 Å². The Labute approximate surface area is 227 Å². The van der Waals surface area contributed by atoms with E-state index in [1.54, 1.807) is 31.2 Å². The Morgan fingerprint density at radius 1 is 1.10 bits per heavy atom. The Kier molecular flexibility index (Phi) is 9.77. The number of hydrogen-bond donors (Lipinski definition) is 4. The number of benzene rings is 2. The molecule has 5 atom stereocenters. The van der Waals surface area contributed by atoms with Gasteiger partial charge >= 0.3 is 0 Å². The first-order chi connectivity index (χ1) is 18.7. The first kappa shape index (κ1) is 28.8. The molecule has 2 heterocycles. The van der Waals surface area contributed by atoms with Crippen molar-refractivity contribution in [2.24, 2.45) is 0 Å². The molecule has 0 bridgehead atoms. The number of piperidine rings is 1. The van der Waals surface area contributed by atoms with E-state index in [4.69, 9.17) is 0 Å². The summed E-state index contributed by atoms with van der Waals surface area (Å²) in [6.45, 7) is 4.77. The molecule has 2 unspecified atom stereocenters. The quantitative estimate of drug-likeness (QED) is 0.345. The number of likely N-dealkylation sites (tertiary alicyclic amines) is 1. The maximum atomic E-state index is 14.3. The van der Waals surface area contributed by atoms with Crippen molar-refractivity contribution in [2.75, 3.05) is 19.6 Å². The van der Waals surface area contributed by atoms with E-state index < -0.39 is 35.7 Å². The smallest absolute Gasteiger partial charge is 0.237 e. The Balaban J connectivity index is 1.39. The number of nitrogens with zero attached hydrogens (tertiary/aromatic N) is 1. The van der Waals surface area contributed by atoms with Crippen LogP contribution < -0.4 is 21.3 Å². The topological polar surface area (TPSA) is 103 Å². The average molecular weight is 542 g/mol. The second-order valence-corrected chi connectivity index (χ2v) is 10.4. The van der Waals surface area contributed by atoms with Crippen LogP contribution in [0.5, 0.6) is 0 Å². The molecule has 2 saturated heterocycles. The summed E-state index contributed by atoms with van der Waals surface area (Å²) in [5.41, 5.74) is 0.858. The van der Waals surface area contributed by atoms with Crippen molar-refractivity contribution in [2.45, 2.75) is 69.9 Å². The molecular weight excluding hydrogens is 504 g/mol. The largest absolute Gasteiger partial charge is 0.349 e. The molecular formula is C29H37F2N5O3. The van der Waals surface area contributed by atoms with E-state index in [2.05, 4.69) is 21.3 Å². The minimum absolute atomic E-state index is 0.0695. The highest BCUT2D eigenvalue weighted by atomic mass is 19.1. The van der Waals surface area contributed by atoms with Gasteiger partial charge in [0.1, 0.15) is 11.6 Å². The Morgan fingerprint density at radius 3 is 2.59 bits per heavy atom. The van der Waals surface area contributed by atoms with Crippen LogP contribution in [0.2, 0.25) is 0 Å². The van der Waals surface area contributed by atoms with Gasteiger partial charge in [-0.15, -0.1) is 0 Å². The number of ketones is 1. The number of amides is 2. The van der Waals surface area contributed by atoms with Gasteiger partial charge in [-0.2, -0.15) is 0 Å². The molecule has 2 aromatic carbocycles. The predicted octanol–water partition coefficient (Wildman–Crippen LogP) is 2.66. The van der Waals surface area contributed by atoms with Crippen molar-refractivity contribution < 1.29 is 23.2 Å². The number of Topliss-reactive ketones (excluding diaryl/α,β-unsaturated/α-hetero) is 1. The molecule has 2 aliphatic rings. The molecule has 2 amide bonds. The minimum Gasteiger partial charge on any atom is -0.349 e. The second-order valence-electron chi connectivity index (χ2n) is 10.4. The van der Waals surface area contributed by atoms with Gasteiger partial charge in [0.15, 0.2) is 5.78 Å². The van der Waals surface area contributed by atoms with Crippen LogP contribution in [-0.4, -0.2) is 66.4 Å². The fourth-order valence-electron chi connectivity index (χ4n) is 5.25. The van der Waals surface area contributed by atoms with Gasteiger partial charge in [-0.1, -0.05) is 36.4 Å². The van der Waals surface area contributed by atoms with Gasteiger partial charge in [-0.05, 0) is 39.2 Å². The number of halogens is 2. The third-order valence-corrected chi connectivity index (χ3v) is 7.55. The lowest BCUT2D eigenvalue weighted by atomic mass is 10.0. The van der Waals surface area contributed by atoms with Crippen LogP contribution in [0.1, 0.15) is 61.5 Å². The molecule has 210 valence electrons. The van der Waals surface area contributed by atoms with Crippen molar-refractivity contribution in [1.29, 1.82) is 0 Å². The SMILES string of the molecule is C[C@H](NC(=O)[C@H](CC(=O)N1CCCC[C@@H]1C)NCC(=O)c1ccccc1)C1NCC(c2ccc(F)cc2F)N1. The average Bonchev–Trinajstić information content (AvgIpc) is 3.41. The third kappa shape index (κ3) is 7.46. The molecule has 0 aromatic heterocycles. The molecule has 2 aliphatic heterocycles. The van der Waals surface area contributed by atoms with Gasteiger partial charge in [0.05, 0.1) is 31.2 Å². The van der Waals surface area contributed by atoms with E-state index in [-0.39, 0.29) is 36.9 Å². The monoisotopic (exact) mass is 541 g/mol. The fraction of sp³-hybridized carbons (Fsp3) is 0.483. The molecule has 8 nitrogen and oxygen atoms in total. The molecule has 0 spiro atoms. The van der Waals surface area contributed by atoms with Crippen LogP contribution in [0, 0.1) is 11.6 Å². The van der Waals surface area contributed by atoms with Crippen LogP contribution >= 0.6 is 0 Å². The van der Waals surface area contributed by atoms with E-state index in [0.717, 1.165) is 25.3 Å². The summed E-state index contributed by atoms with van der Waals surface area (Å²) in [4.78, 5) is 41.1. The lowest BCUT2D eigenvalue weighted by Crippen LogP contribution is -2.56. The van der Waals surface area contributed by atoms with Crippen LogP contribution in [-0.2, 0) is 9.59 Å². The summed E-state index contributed by atoms with van der Waals surface area (Å²) < 4.78 is 27.6. The number of carbonyl (C=O) groups is 3. The number of nitrogens with one attached hydrogen (secondary N) is 4. The maximum absolute atomic E-state index is 14.3. The highest BCUT2D eigenvalue weighted by Gasteiger charge is 2.33. The second kappa shape index (κ2) is 13.2. The van der Waals surface area contributed by atoms with Gasteiger partial charge in [0.2, 0.25) is 11.8 Å². The summed E-state index contributed by atoms with van der Waals surface area (Å²) in [5.74, 6) is -1.98. The van der Waals surface area contributed by atoms with Crippen LogP contribution in [0.3, 0.4) is 0 Å². The standard InChI is InChI=1S/C29H37F2N5O3/c1-18-8-6-7-13-36(18)27(38)15-24(32-17-26(37)20-9-4-3-5-10-20)29(39)34-19(2)28-33-16-25(35-28)22-12-11-21(30)14-23(22)31/h3-5,9-12,14,18-19,24-25,28,32-33,35H,6-8,13,15-17H2,1-2H3,(H,34,39)/t18-,19-,24-,25?,28?/m0/s1. The van der Waals surface area contributed by atoms with Crippen molar-refractivity contribution >= 4 is 17.6 Å². The van der Waals surface area contributed by atoms with Gasteiger partial charge in [-0.3, -0.25) is 30.3 Å². The van der Waals surface area contributed by atoms with Crippen molar-refractivity contribution in [3.63, 3.8) is 0 Å². The molecule has 0 saturated carbocycles. The van der Waals surface area contributed by atoms with E-state index in [1.807, 2.05) is 17.9 Å². The zero-order chi connectivity index (χ0) is 27.9. The Bertz CT molecular complexity index is 1160. The lowest BCUT2D eigenvalue weighted by molar-refractivity contribution is -0.137. The third-order valence-electron chi connectivity index (χ3n) is 7.55. The van der Waals surface area contributed by atoms with E-state index in [9.17, 15) is 23.2 Å². The molecule has 0 radical (unpaired) electrons. The Morgan fingerprint density at radius 2 is 1.87 bits per heavy atom. The van der Waals surface area contributed by atoms with Crippen molar-refractivity contribution in [3.05, 3.63) is 71.3 Å². The van der Waals surface area contributed by atoms with E-state index in [1.165, 1.54) is 12.1 Å².